The molecule has 0 aliphatic carbocycles. The molecule has 0 saturated heterocycles. The number of nitrogens with zero attached hydrogens (tertiary/aromatic N) is 4. The fourth-order valence-corrected chi connectivity index (χ4v) is 1.79. The van der Waals surface area contributed by atoms with E-state index in [0.29, 0.717) is 0 Å². The number of halogens is 2. The summed E-state index contributed by atoms with van der Waals surface area (Å²) in [5.41, 5.74) is 0.189. The van der Waals surface area contributed by atoms with Gasteiger partial charge >= 0.3 is 0 Å². The van der Waals surface area contributed by atoms with Gasteiger partial charge in [0, 0.05) is 11.9 Å². The van der Waals surface area contributed by atoms with E-state index in [0.717, 1.165) is 17.8 Å². The van der Waals surface area contributed by atoms with Crippen molar-refractivity contribution in [2.75, 3.05) is 5.32 Å². The molecule has 0 aliphatic heterocycles. The van der Waals surface area contributed by atoms with Crippen molar-refractivity contribution in [1.29, 1.82) is 0 Å². The SMILES string of the molecule is Cc1ccnc2nc(C(=O)Nc3c(F)cccc3F)nn12. The molecule has 1 amide bonds. The first-order valence-electron chi connectivity index (χ1n) is 6.00. The molecule has 2 aromatic heterocycles. The van der Waals surface area contributed by atoms with E-state index >= 15 is 0 Å². The third-order valence-corrected chi connectivity index (χ3v) is 2.83. The van der Waals surface area contributed by atoms with Gasteiger partial charge in [-0.2, -0.15) is 4.98 Å². The van der Waals surface area contributed by atoms with Crippen LogP contribution in [0.25, 0.3) is 5.78 Å². The summed E-state index contributed by atoms with van der Waals surface area (Å²) in [6.07, 6.45) is 1.53. The van der Waals surface area contributed by atoms with E-state index in [2.05, 4.69) is 20.4 Å². The van der Waals surface area contributed by atoms with Crippen LogP contribution in [0.2, 0.25) is 0 Å². The Morgan fingerprint density at radius 2 is 1.95 bits per heavy atom. The summed E-state index contributed by atoms with van der Waals surface area (Å²) in [6.45, 7) is 1.77. The van der Waals surface area contributed by atoms with Crippen molar-refractivity contribution in [3.8, 4) is 0 Å². The zero-order valence-electron chi connectivity index (χ0n) is 10.8. The minimum Gasteiger partial charge on any atom is -0.314 e. The van der Waals surface area contributed by atoms with Gasteiger partial charge in [0.05, 0.1) is 0 Å². The molecule has 0 aliphatic rings. The largest absolute Gasteiger partial charge is 0.314 e. The van der Waals surface area contributed by atoms with Crippen LogP contribution in [-0.4, -0.2) is 25.5 Å². The summed E-state index contributed by atoms with van der Waals surface area (Å²) in [6, 6.07) is 4.99. The van der Waals surface area contributed by atoms with Crippen LogP contribution in [0.4, 0.5) is 14.5 Å². The highest BCUT2D eigenvalue weighted by atomic mass is 19.1. The Kier molecular flexibility index (Phi) is 3.05. The van der Waals surface area contributed by atoms with Gasteiger partial charge < -0.3 is 5.32 Å². The number of aryl methyl sites for hydroxylation is 1. The normalized spacial score (nSPS) is 10.8. The number of carbonyl (C=O) groups is 1. The third-order valence-electron chi connectivity index (χ3n) is 2.83. The highest BCUT2D eigenvalue weighted by Gasteiger charge is 2.18. The molecule has 1 N–H and O–H groups in total. The predicted octanol–water partition coefficient (Wildman–Crippen LogP) is 1.96. The number of anilines is 1. The van der Waals surface area contributed by atoms with Crippen molar-refractivity contribution in [3.05, 3.63) is 53.6 Å². The Labute approximate surface area is 117 Å². The van der Waals surface area contributed by atoms with Crippen molar-refractivity contribution >= 4 is 17.4 Å². The topological polar surface area (TPSA) is 72.2 Å². The maximum atomic E-state index is 13.5. The fraction of sp³-hybridized carbons (Fsp3) is 0.0769. The zero-order valence-corrected chi connectivity index (χ0v) is 10.8. The molecule has 8 heteroatoms. The predicted molar refractivity (Wildman–Crippen MR) is 69.8 cm³/mol. The average molecular weight is 289 g/mol. The van der Waals surface area contributed by atoms with Crippen LogP contribution in [0, 0.1) is 18.6 Å². The lowest BCUT2D eigenvalue weighted by Crippen LogP contribution is -2.16. The van der Waals surface area contributed by atoms with Gasteiger partial charge in [-0.3, -0.25) is 4.79 Å². The summed E-state index contributed by atoms with van der Waals surface area (Å²) < 4.78 is 28.3. The lowest BCUT2D eigenvalue weighted by atomic mass is 10.3. The lowest BCUT2D eigenvalue weighted by molar-refractivity contribution is 0.101. The molecule has 21 heavy (non-hydrogen) atoms. The standard InChI is InChI=1S/C13H9F2N5O/c1-7-5-6-16-13-18-11(19-20(7)13)12(21)17-10-8(14)3-2-4-9(10)15/h2-6H,1H3,(H,17,21). The van der Waals surface area contributed by atoms with Gasteiger partial charge in [-0.1, -0.05) is 6.07 Å². The summed E-state index contributed by atoms with van der Waals surface area (Å²) in [5.74, 6) is -2.56. The number of para-hydroxylation sites is 1. The summed E-state index contributed by atoms with van der Waals surface area (Å²) in [7, 11) is 0. The van der Waals surface area contributed by atoms with Crippen LogP contribution in [0.1, 0.15) is 16.3 Å². The summed E-state index contributed by atoms with van der Waals surface area (Å²) >= 11 is 0. The Morgan fingerprint density at radius 3 is 2.62 bits per heavy atom. The molecule has 3 aromatic rings. The lowest BCUT2D eigenvalue weighted by Gasteiger charge is -2.04. The van der Waals surface area contributed by atoms with E-state index in [1.54, 1.807) is 13.0 Å². The first-order valence-corrected chi connectivity index (χ1v) is 6.00. The average Bonchev–Trinajstić information content (AvgIpc) is 2.88. The third kappa shape index (κ3) is 2.31. The van der Waals surface area contributed by atoms with Crippen molar-refractivity contribution < 1.29 is 13.6 Å². The van der Waals surface area contributed by atoms with Gasteiger partial charge in [-0.25, -0.2) is 18.3 Å². The van der Waals surface area contributed by atoms with Gasteiger partial charge in [0.25, 0.3) is 11.7 Å². The molecule has 0 radical (unpaired) electrons. The quantitative estimate of drug-likeness (QED) is 0.782. The molecule has 0 fully saturated rings. The van der Waals surface area contributed by atoms with Crippen molar-refractivity contribution in [3.63, 3.8) is 0 Å². The number of hydrogen-bond donors (Lipinski definition) is 1. The second kappa shape index (κ2) is 4.89. The Hall–Kier alpha value is -2.90. The minimum absolute atomic E-state index is 0.223. The van der Waals surface area contributed by atoms with Crippen molar-refractivity contribution in [2.24, 2.45) is 0 Å². The molecule has 106 valence electrons. The maximum Gasteiger partial charge on any atom is 0.295 e. The highest BCUT2D eigenvalue weighted by molar-refractivity contribution is 6.01. The minimum atomic E-state index is -0.874. The molecule has 0 bridgehead atoms. The Bertz CT molecular complexity index is 825. The van der Waals surface area contributed by atoms with Gasteiger partial charge in [-0.15, -0.1) is 5.10 Å². The molecule has 0 spiro atoms. The van der Waals surface area contributed by atoms with Crippen LogP contribution >= 0.6 is 0 Å². The first-order chi connectivity index (χ1) is 10.1. The van der Waals surface area contributed by atoms with Crippen LogP contribution < -0.4 is 5.32 Å². The molecular formula is C13H9F2N5O. The summed E-state index contributed by atoms with van der Waals surface area (Å²) in [5, 5.41) is 6.07. The molecular weight excluding hydrogens is 280 g/mol. The van der Waals surface area contributed by atoms with Crippen LogP contribution in [0.15, 0.2) is 30.5 Å². The molecule has 6 nitrogen and oxygen atoms in total. The maximum absolute atomic E-state index is 13.5. The number of nitrogens with one attached hydrogen (secondary N) is 1. The van der Waals surface area contributed by atoms with E-state index in [1.807, 2.05) is 0 Å². The second-order valence-corrected chi connectivity index (χ2v) is 4.28. The molecule has 0 saturated carbocycles. The smallest absolute Gasteiger partial charge is 0.295 e. The number of aromatic nitrogens is 4. The summed E-state index contributed by atoms with van der Waals surface area (Å²) in [4.78, 5) is 19.9. The van der Waals surface area contributed by atoms with E-state index in [4.69, 9.17) is 0 Å². The fourth-order valence-electron chi connectivity index (χ4n) is 1.79. The molecule has 0 unspecified atom stereocenters. The number of hydrogen-bond acceptors (Lipinski definition) is 4. The van der Waals surface area contributed by atoms with Crippen molar-refractivity contribution in [2.45, 2.75) is 6.92 Å². The van der Waals surface area contributed by atoms with Crippen LogP contribution in [-0.2, 0) is 0 Å². The van der Waals surface area contributed by atoms with E-state index in [9.17, 15) is 13.6 Å². The number of amides is 1. The Morgan fingerprint density at radius 1 is 1.24 bits per heavy atom. The molecule has 2 heterocycles. The number of fused-ring (bicyclic) bond motifs is 1. The van der Waals surface area contributed by atoms with Crippen LogP contribution in [0.3, 0.4) is 0 Å². The van der Waals surface area contributed by atoms with E-state index < -0.39 is 23.2 Å². The Balaban J connectivity index is 1.96. The number of rotatable bonds is 2. The molecule has 0 atom stereocenters. The monoisotopic (exact) mass is 289 g/mol. The second-order valence-electron chi connectivity index (χ2n) is 4.28. The zero-order chi connectivity index (χ0) is 15.0. The van der Waals surface area contributed by atoms with E-state index in [1.165, 1.54) is 16.8 Å². The van der Waals surface area contributed by atoms with E-state index in [-0.39, 0.29) is 11.6 Å². The first kappa shape index (κ1) is 13.1. The highest BCUT2D eigenvalue weighted by Crippen LogP contribution is 2.18. The van der Waals surface area contributed by atoms with Gasteiger partial charge in [-0.05, 0) is 25.1 Å². The number of benzene rings is 1. The van der Waals surface area contributed by atoms with Crippen molar-refractivity contribution in [1.82, 2.24) is 19.6 Å². The molecule has 3 rings (SSSR count). The van der Waals surface area contributed by atoms with Gasteiger partial charge in [0.1, 0.15) is 17.3 Å². The molecule has 1 aromatic carbocycles. The number of carbonyl (C=O) groups excluding carboxylic acids is 1. The van der Waals surface area contributed by atoms with Gasteiger partial charge in [0.2, 0.25) is 5.82 Å². The van der Waals surface area contributed by atoms with Crippen LogP contribution in [0.5, 0.6) is 0 Å². The van der Waals surface area contributed by atoms with Gasteiger partial charge in [0.15, 0.2) is 0 Å².